The molecule has 0 rings (SSSR count). The van der Waals surface area contributed by atoms with Crippen molar-refractivity contribution in [3.63, 3.8) is 0 Å². The molecule has 0 aromatic heterocycles. The lowest BCUT2D eigenvalue weighted by Gasteiger charge is -2.36. The largest absolute Gasteiger partial charge is 0.416 e. The zero-order valence-corrected chi connectivity index (χ0v) is 44.1. The summed E-state index contributed by atoms with van der Waals surface area (Å²) in [4.78, 5) is 31.8. The Labute approximate surface area is 366 Å². The van der Waals surface area contributed by atoms with E-state index in [-0.39, 0.29) is 17.9 Å². The van der Waals surface area contributed by atoms with Crippen LogP contribution in [0.2, 0.25) is 58.9 Å². The van der Waals surface area contributed by atoms with E-state index >= 15 is 0 Å². The lowest BCUT2D eigenvalue weighted by atomic mass is 10.0. The highest BCUT2D eigenvalue weighted by Gasteiger charge is 2.29. The fraction of sp³-hybridized carbons (Fsp3) is 0.958. The van der Waals surface area contributed by atoms with E-state index in [2.05, 4.69) is 72.8 Å². The van der Waals surface area contributed by atoms with Gasteiger partial charge in [-0.25, -0.2) is 0 Å². The Morgan fingerprint density at radius 2 is 0.655 bits per heavy atom. The van der Waals surface area contributed by atoms with Gasteiger partial charge in [0.05, 0.1) is 19.3 Å². The number of carbonyl (C=O) groups is 2. The van der Waals surface area contributed by atoms with Crippen LogP contribution in [0.15, 0.2) is 0 Å². The topological polar surface area (TPSA) is 68.3 Å². The summed E-state index contributed by atoms with van der Waals surface area (Å²) in [5, 5.41) is 0. The minimum atomic E-state index is -1.99. The van der Waals surface area contributed by atoms with Crippen molar-refractivity contribution in [1.82, 2.24) is 9.80 Å². The van der Waals surface area contributed by atoms with Gasteiger partial charge in [0.25, 0.3) is 0 Å². The van der Waals surface area contributed by atoms with Crippen LogP contribution in [-0.2, 0) is 22.9 Å². The Kier molecular flexibility index (Phi) is 35.7. The highest BCUT2D eigenvalue weighted by Crippen LogP contribution is 2.18. The number of rotatable bonds is 42. The van der Waals surface area contributed by atoms with Gasteiger partial charge in [0, 0.05) is 39.0 Å². The average molecular weight is 872 g/mol. The molecule has 0 aliphatic rings. The third-order valence-electron chi connectivity index (χ3n) is 10.9. The van der Waals surface area contributed by atoms with Crippen LogP contribution in [0.3, 0.4) is 0 Å². The van der Waals surface area contributed by atoms with Crippen LogP contribution in [0.1, 0.15) is 194 Å². The van der Waals surface area contributed by atoms with E-state index in [1.807, 2.05) is 9.80 Å². The Hall–Kier alpha value is -0.529. The Morgan fingerprint density at radius 1 is 0.397 bits per heavy atom. The van der Waals surface area contributed by atoms with Gasteiger partial charge in [-0.1, -0.05) is 168 Å². The van der Waals surface area contributed by atoms with Crippen molar-refractivity contribution in [3.05, 3.63) is 0 Å². The van der Waals surface area contributed by atoms with E-state index < -0.39 is 25.0 Å². The first-order valence-corrected chi connectivity index (χ1v) is 35.2. The number of unbranched alkanes of at least 4 members (excludes halogenated alkanes) is 24. The summed E-state index contributed by atoms with van der Waals surface area (Å²) in [7, 11) is -5.45. The lowest BCUT2D eigenvalue weighted by molar-refractivity contribution is -0.135. The molecule has 7 nitrogen and oxygen atoms in total. The van der Waals surface area contributed by atoms with Crippen molar-refractivity contribution < 1.29 is 22.9 Å². The van der Waals surface area contributed by atoms with Crippen molar-refractivity contribution in [3.8, 4) is 0 Å². The first-order chi connectivity index (χ1) is 27.5. The smallest absolute Gasteiger partial charge is 0.222 e. The molecule has 0 aliphatic heterocycles. The van der Waals surface area contributed by atoms with E-state index in [4.69, 9.17) is 13.3 Å². The predicted octanol–water partition coefficient (Wildman–Crippen LogP) is 14.5. The number of amides is 2. The molecule has 0 bridgehead atoms. The van der Waals surface area contributed by atoms with Crippen molar-refractivity contribution in [2.45, 2.75) is 259 Å². The Balaban J connectivity index is 5.29. The first-order valence-electron chi connectivity index (χ1n) is 25.0. The highest BCUT2D eigenvalue weighted by atomic mass is 28.4. The second-order valence-electron chi connectivity index (χ2n) is 20.4. The van der Waals surface area contributed by atoms with Crippen LogP contribution in [0.4, 0.5) is 0 Å². The van der Waals surface area contributed by atoms with Gasteiger partial charge in [0.15, 0.2) is 25.0 Å². The van der Waals surface area contributed by atoms with Gasteiger partial charge in [0.1, 0.15) is 0 Å². The maximum absolute atomic E-state index is 13.9. The number of carbonyl (C=O) groups excluding carboxylic acids is 2. The molecule has 0 aliphatic carbocycles. The van der Waals surface area contributed by atoms with Crippen LogP contribution in [0.25, 0.3) is 0 Å². The predicted molar refractivity (Wildman–Crippen MR) is 261 cm³/mol. The number of nitrogens with zero attached hydrogens (tertiary/aromatic N) is 2. The van der Waals surface area contributed by atoms with Crippen LogP contribution in [0, 0.1) is 0 Å². The van der Waals surface area contributed by atoms with Gasteiger partial charge in [0.2, 0.25) is 11.8 Å². The van der Waals surface area contributed by atoms with E-state index in [1.165, 1.54) is 141 Å². The van der Waals surface area contributed by atoms with Gasteiger partial charge in [-0.3, -0.25) is 9.59 Å². The molecule has 0 saturated heterocycles. The average Bonchev–Trinajstić information content (AvgIpc) is 3.12. The fourth-order valence-electron chi connectivity index (χ4n) is 7.59. The summed E-state index contributed by atoms with van der Waals surface area (Å²) < 4.78 is 19.4. The minimum Gasteiger partial charge on any atom is -0.416 e. The van der Waals surface area contributed by atoms with Gasteiger partial charge in [-0.05, 0) is 71.8 Å². The van der Waals surface area contributed by atoms with Gasteiger partial charge >= 0.3 is 0 Å². The van der Waals surface area contributed by atoms with Crippen molar-refractivity contribution in [1.29, 1.82) is 0 Å². The standard InChI is InChI=1S/C48H102N2O5Si3/c1-12-14-16-18-20-22-24-26-28-30-32-34-36-38-47(51)49(40-42-53-56(3,4)5)44-46(55-58(9,10)11)45-50(41-43-54-57(6,7)8)48(52)39-37-35-33-31-29-27-25-23-21-19-17-15-13-2/h46H,12-45H2,1-11H3. The molecule has 0 atom stereocenters. The molecule has 346 valence electrons. The summed E-state index contributed by atoms with van der Waals surface area (Å²) in [6.45, 7) is 27.6. The molecular formula is C48H102N2O5Si3. The maximum atomic E-state index is 13.9. The molecule has 0 aromatic carbocycles. The Bertz CT molecular complexity index is 898. The summed E-state index contributed by atoms with van der Waals surface area (Å²) in [6.07, 6.45) is 34.5. The third-order valence-corrected chi connectivity index (χ3v) is 14.0. The highest BCUT2D eigenvalue weighted by molar-refractivity contribution is 6.70. The molecule has 0 unspecified atom stereocenters. The molecule has 2 amide bonds. The van der Waals surface area contributed by atoms with E-state index in [9.17, 15) is 9.59 Å². The number of hydrogen-bond donors (Lipinski definition) is 0. The van der Waals surface area contributed by atoms with E-state index in [0.29, 0.717) is 52.2 Å². The maximum Gasteiger partial charge on any atom is 0.222 e. The quantitative estimate of drug-likeness (QED) is 0.0451. The first kappa shape index (κ1) is 57.5. The van der Waals surface area contributed by atoms with E-state index in [0.717, 1.165) is 25.7 Å². The molecule has 58 heavy (non-hydrogen) atoms. The molecule has 0 spiro atoms. The van der Waals surface area contributed by atoms with Gasteiger partial charge in [-0.2, -0.15) is 0 Å². The molecule has 10 heteroatoms. The van der Waals surface area contributed by atoms with Crippen molar-refractivity contribution in [2.75, 3.05) is 39.4 Å². The number of hydrogen-bond acceptors (Lipinski definition) is 5. The molecule has 0 fully saturated rings. The van der Waals surface area contributed by atoms with Gasteiger partial charge < -0.3 is 23.1 Å². The third kappa shape index (κ3) is 39.6. The summed E-state index contributed by atoms with van der Waals surface area (Å²) in [5.41, 5.74) is 0. The molecule has 0 radical (unpaired) electrons. The molecule has 0 heterocycles. The van der Waals surface area contributed by atoms with Gasteiger partial charge in [-0.15, -0.1) is 0 Å². The zero-order valence-electron chi connectivity index (χ0n) is 41.1. The van der Waals surface area contributed by atoms with E-state index in [1.54, 1.807) is 0 Å². The minimum absolute atomic E-state index is 0.193. The molecule has 0 aromatic rings. The van der Waals surface area contributed by atoms with Crippen molar-refractivity contribution >= 4 is 36.8 Å². The van der Waals surface area contributed by atoms with Crippen LogP contribution in [0.5, 0.6) is 0 Å². The monoisotopic (exact) mass is 871 g/mol. The van der Waals surface area contributed by atoms with Crippen LogP contribution < -0.4 is 0 Å². The second-order valence-corrected chi connectivity index (χ2v) is 33.9. The summed E-state index contributed by atoms with van der Waals surface area (Å²) in [5.74, 6) is 0.386. The second kappa shape index (κ2) is 36.0. The van der Waals surface area contributed by atoms with Crippen LogP contribution in [-0.4, -0.2) is 92.1 Å². The Morgan fingerprint density at radius 3 is 0.897 bits per heavy atom. The SMILES string of the molecule is CCCCCCCCCCCCCCCC(=O)N(CCO[Si](C)(C)C)CC(CN(CCO[Si](C)(C)C)C(=O)CCCCCCCCCCCCCCC)O[Si](C)(C)C. The fourth-order valence-corrected chi connectivity index (χ4v) is 10.1. The summed E-state index contributed by atoms with van der Waals surface area (Å²) >= 11 is 0. The normalized spacial score (nSPS) is 12.5. The van der Waals surface area contributed by atoms with Crippen molar-refractivity contribution in [2.24, 2.45) is 0 Å². The lowest BCUT2D eigenvalue weighted by Crippen LogP contribution is -2.50. The summed E-state index contributed by atoms with van der Waals surface area (Å²) in [6, 6.07) is 0. The molecule has 0 N–H and O–H groups in total. The molecule has 0 saturated carbocycles. The zero-order chi connectivity index (χ0) is 43.5. The molecular weight excluding hydrogens is 769 g/mol. The van der Waals surface area contributed by atoms with Crippen LogP contribution >= 0.6 is 0 Å².